The minimum Gasteiger partial charge on any atom is -0.381 e. The molecule has 0 bridgehead atoms. The first-order chi connectivity index (χ1) is 6.15. The lowest BCUT2D eigenvalue weighted by atomic mass is 10.2. The summed E-state index contributed by atoms with van der Waals surface area (Å²) in [6.07, 6.45) is 1.06. The zero-order chi connectivity index (χ0) is 9.84. The molecule has 1 rings (SSSR count). The van der Waals surface area contributed by atoms with Crippen LogP contribution in [-0.2, 0) is 0 Å². The first-order valence-corrected chi connectivity index (χ1v) is 5.11. The Morgan fingerprint density at radius 2 is 2.08 bits per heavy atom. The normalized spacial score (nSPS) is 12.6. The molecule has 0 spiro atoms. The lowest BCUT2D eigenvalue weighted by molar-refractivity contribution is 0.764. The molecule has 1 unspecified atom stereocenters. The SMILES string of the molecule is CCC(C)Nc1cccc(Cl)c1Cl. The van der Waals surface area contributed by atoms with Crippen molar-refractivity contribution in [2.24, 2.45) is 0 Å². The molecule has 1 nitrogen and oxygen atoms in total. The molecule has 72 valence electrons. The minimum absolute atomic E-state index is 0.413. The van der Waals surface area contributed by atoms with Gasteiger partial charge in [-0.3, -0.25) is 0 Å². The van der Waals surface area contributed by atoms with Crippen LogP contribution < -0.4 is 5.32 Å². The van der Waals surface area contributed by atoms with E-state index in [0.717, 1.165) is 12.1 Å². The molecular formula is C10H13Cl2N. The van der Waals surface area contributed by atoms with Gasteiger partial charge in [0.25, 0.3) is 0 Å². The fraction of sp³-hybridized carbons (Fsp3) is 0.400. The summed E-state index contributed by atoms with van der Waals surface area (Å²) in [4.78, 5) is 0. The summed E-state index contributed by atoms with van der Waals surface area (Å²) < 4.78 is 0. The van der Waals surface area contributed by atoms with Gasteiger partial charge in [0.2, 0.25) is 0 Å². The van der Waals surface area contributed by atoms with Gasteiger partial charge in [-0.25, -0.2) is 0 Å². The highest BCUT2D eigenvalue weighted by atomic mass is 35.5. The van der Waals surface area contributed by atoms with Crippen LogP contribution in [0.25, 0.3) is 0 Å². The topological polar surface area (TPSA) is 12.0 Å². The van der Waals surface area contributed by atoms with Gasteiger partial charge in [-0.1, -0.05) is 36.2 Å². The molecule has 3 heteroatoms. The van der Waals surface area contributed by atoms with E-state index in [-0.39, 0.29) is 0 Å². The Bertz CT molecular complexity index is 286. The zero-order valence-corrected chi connectivity index (χ0v) is 9.28. The van der Waals surface area contributed by atoms with Crippen LogP contribution in [0.5, 0.6) is 0 Å². The van der Waals surface area contributed by atoms with Gasteiger partial charge in [0.15, 0.2) is 0 Å². The molecule has 1 atom stereocenters. The Balaban J connectivity index is 2.83. The molecule has 0 aromatic heterocycles. The lowest BCUT2D eigenvalue weighted by Gasteiger charge is -2.14. The van der Waals surface area contributed by atoms with E-state index >= 15 is 0 Å². The summed E-state index contributed by atoms with van der Waals surface area (Å²) in [5.41, 5.74) is 0.906. The zero-order valence-electron chi connectivity index (χ0n) is 7.77. The Morgan fingerprint density at radius 1 is 1.38 bits per heavy atom. The Labute approximate surface area is 89.0 Å². The van der Waals surface area contributed by atoms with Gasteiger partial charge in [-0.15, -0.1) is 0 Å². The molecule has 0 saturated heterocycles. The number of benzene rings is 1. The van der Waals surface area contributed by atoms with Crippen molar-refractivity contribution >= 4 is 28.9 Å². The first kappa shape index (κ1) is 10.7. The molecule has 0 aliphatic carbocycles. The number of nitrogens with one attached hydrogen (secondary N) is 1. The molecular weight excluding hydrogens is 205 g/mol. The Kier molecular flexibility index (Phi) is 3.89. The average Bonchev–Trinajstić information content (AvgIpc) is 2.13. The number of anilines is 1. The molecule has 1 N–H and O–H groups in total. The summed E-state index contributed by atoms with van der Waals surface area (Å²) in [5, 5.41) is 4.48. The third-order valence-corrected chi connectivity index (χ3v) is 2.78. The number of hydrogen-bond donors (Lipinski definition) is 1. The van der Waals surface area contributed by atoms with Crippen LogP contribution in [0.2, 0.25) is 10.0 Å². The van der Waals surface area contributed by atoms with Crippen LogP contribution in [0.1, 0.15) is 20.3 Å². The van der Waals surface area contributed by atoms with E-state index in [0.29, 0.717) is 16.1 Å². The number of halogens is 2. The third-order valence-electron chi connectivity index (χ3n) is 1.97. The van der Waals surface area contributed by atoms with Crippen LogP contribution in [0.4, 0.5) is 5.69 Å². The molecule has 0 radical (unpaired) electrons. The van der Waals surface area contributed by atoms with Crippen LogP contribution >= 0.6 is 23.2 Å². The molecule has 13 heavy (non-hydrogen) atoms. The Hall–Kier alpha value is -0.400. The van der Waals surface area contributed by atoms with Crippen molar-refractivity contribution < 1.29 is 0 Å². The predicted molar refractivity (Wildman–Crippen MR) is 59.8 cm³/mol. The third kappa shape index (κ3) is 2.78. The van der Waals surface area contributed by atoms with Crippen molar-refractivity contribution in [3.05, 3.63) is 28.2 Å². The van der Waals surface area contributed by atoms with Crippen molar-refractivity contribution in [1.82, 2.24) is 0 Å². The molecule has 1 aromatic carbocycles. The Morgan fingerprint density at radius 3 is 2.69 bits per heavy atom. The van der Waals surface area contributed by atoms with Crippen molar-refractivity contribution in [2.45, 2.75) is 26.3 Å². The van der Waals surface area contributed by atoms with Crippen LogP contribution in [-0.4, -0.2) is 6.04 Å². The van der Waals surface area contributed by atoms with Crippen LogP contribution in [0.15, 0.2) is 18.2 Å². The smallest absolute Gasteiger partial charge is 0.0823 e. The average molecular weight is 218 g/mol. The number of rotatable bonds is 3. The van der Waals surface area contributed by atoms with Crippen molar-refractivity contribution in [2.75, 3.05) is 5.32 Å². The van der Waals surface area contributed by atoms with Crippen molar-refractivity contribution in [3.63, 3.8) is 0 Å². The minimum atomic E-state index is 0.413. The fourth-order valence-corrected chi connectivity index (χ4v) is 1.34. The van der Waals surface area contributed by atoms with Crippen molar-refractivity contribution in [1.29, 1.82) is 0 Å². The molecule has 0 aliphatic rings. The van der Waals surface area contributed by atoms with Gasteiger partial charge in [-0.05, 0) is 25.5 Å². The summed E-state index contributed by atoms with van der Waals surface area (Å²) in [5.74, 6) is 0. The highest BCUT2D eigenvalue weighted by Gasteiger charge is 2.05. The van der Waals surface area contributed by atoms with Gasteiger partial charge >= 0.3 is 0 Å². The van der Waals surface area contributed by atoms with E-state index < -0.39 is 0 Å². The number of hydrogen-bond acceptors (Lipinski definition) is 1. The highest BCUT2D eigenvalue weighted by Crippen LogP contribution is 2.29. The molecule has 0 aliphatic heterocycles. The largest absolute Gasteiger partial charge is 0.381 e. The summed E-state index contributed by atoms with van der Waals surface area (Å²) in [6, 6.07) is 6.02. The standard InChI is InChI=1S/C10H13Cl2N/c1-3-7(2)13-9-6-4-5-8(11)10(9)12/h4-7,13H,3H2,1-2H3. The molecule has 0 heterocycles. The second kappa shape index (κ2) is 4.73. The molecule has 0 amide bonds. The van der Waals surface area contributed by atoms with E-state index in [1.54, 1.807) is 6.07 Å². The molecule has 0 saturated carbocycles. The van der Waals surface area contributed by atoms with Crippen LogP contribution in [0.3, 0.4) is 0 Å². The predicted octanol–water partition coefficient (Wildman–Crippen LogP) is 4.20. The van der Waals surface area contributed by atoms with Gasteiger partial charge in [0, 0.05) is 6.04 Å². The maximum Gasteiger partial charge on any atom is 0.0823 e. The van der Waals surface area contributed by atoms with Crippen LogP contribution in [0, 0.1) is 0 Å². The van der Waals surface area contributed by atoms with Gasteiger partial charge in [-0.2, -0.15) is 0 Å². The summed E-state index contributed by atoms with van der Waals surface area (Å²) in [7, 11) is 0. The van der Waals surface area contributed by atoms with Gasteiger partial charge < -0.3 is 5.32 Å². The first-order valence-electron chi connectivity index (χ1n) is 4.35. The lowest BCUT2D eigenvalue weighted by Crippen LogP contribution is -2.13. The van der Waals surface area contributed by atoms with E-state index in [1.807, 2.05) is 12.1 Å². The van der Waals surface area contributed by atoms with E-state index in [4.69, 9.17) is 23.2 Å². The second-order valence-electron chi connectivity index (χ2n) is 3.06. The quantitative estimate of drug-likeness (QED) is 0.801. The van der Waals surface area contributed by atoms with E-state index in [1.165, 1.54) is 0 Å². The van der Waals surface area contributed by atoms with Gasteiger partial charge in [0.05, 0.1) is 15.7 Å². The maximum absolute atomic E-state index is 6.00. The highest BCUT2D eigenvalue weighted by molar-refractivity contribution is 6.43. The van der Waals surface area contributed by atoms with E-state index in [2.05, 4.69) is 19.2 Å². The summed E-state index contributed by atoms with van der Waals surface area (Å²) >= 11 is 11.9. The van der Waals surface area contributed by atoms with E-state index in [9.17, 15) is 0 Å². The van der Waals surface area contributed by atoms with Gasteiger partial charge in [0.1, 0.15) is 0 Å². The molecule has 1 aromatic rings. The second-order valence-corrected chi connectivity index (χ2v) is 3.84. The molecule has 0 fully saturated rings. The maximum atomic E-state index is 6.00. The van der Waals surface area contributed by atoms with Crippen molar-refractivity contribution in [3.8, 4) is 0 Å². The monoisotopic (exact) mass is 217 g/mol. The fourth-order valence-electron chi connectivity index (χ4n) is 0.983. The summed E-state index contributed by atoms with van der Waals surface area (Å²) in [6.45, 7) is 4.23.